The maximum absolute atomic E-state index is 13.5. The van der Waals surface area contributed by atoms with E-state index in [0.717, 1.165) is 22.3 Å². The molecule has 0 saturated carbocycles. The van der Waals surface area contributed by atoms with Crippen LogP contribution in [0.5, 0.6) is 5.75 Å². The smallest absolute Gasteiger partial charge is 0.448 e. The Morgan fingerprint density at radius 2 is 1.48 bits per heavy atom. The lowest BCUT2D eigenvalue weighted by molar-refractivity contribution is 0.0976. The lowest BCUT2D eigenvalue weighted by Gasteiger charge is -2.36. The van der Waals surface area contributed by atoms with Gasteiger partial charge in [0.2, 0.25) is 0 Å². The minimum Gasteiger partial charge on any atom is -0.448 e. The highest BCUT2D eigenvalue weighted by Crippen LogP contribution is 2.44. The van der Waals surface area contributed by atoms with Gasteiger partial charge in [-0.15, -0.1) is 3.89 Å². The molecule has 1 saturated heterocycles. The number of halogens is 2. The van der Waals surface area contributed by atoms with Crippen LogP contribution in [0, 0.1) is 6.92 Å². The molecule has 40 heavy (non-hydrogen) atoms. The van der Waals surface area contributed by atoms with Gasteiger partial charge >= 0.3 is 26.8 Å². The molecule has 1 heterocycles. The molecule has 0 unspecified atom stereocenters. The molecule has 9 nitrogen and oxygen atoms in total. The van der Waals surface area contributed by atoms with Crippen LogP contribution in [0.4, 0.5) is 18.3 Å². The summed E-state index contributed by atoms with van der Waals surface area (Å²) in [5.74, 6) is -1.56. The van der Waals surface area contributed by atoms with Crippen LogP contribution >= 0.6 is 0 Å². The zero-order valence-electron chi connectivity index (χ0n) is 21.4. The van der Waals surface area contributed by atoms with Crippen LogP contribution in [0.25, 0.3) is 11.1 Å². The molecule has 0 atom stereocenters. The topological polar surface area (TPSA) is 110 Å². The van der Waals surface area contributed by atoms with E-state index >= 15 is 0 Å². The number of carbonyl (C=O) groups excluding carboxylic acids is 1. The van der Waals surface area contributed by atoms with Crippen LogP contribution in [-0.4, -0.2) is 60.6 Å². The zero-order chi connectivity index (χ0) is 28.7. The highest BCUT2D eigenvalue weighted by atomic mass is 32.3. The van der Waals surface area contributed by atoms with Crippen LogP contribution < -0.4 is 9.08 Å². The van der Waals surface area contributed by atoms with Crippen molar-refractivity contribution in [2.24, 2.45) is 0 Å². The number of carbonyl (C=O) groups is 1. The summed E-state index contributed by atoms with van der Waals surface area (Å²) in [5.41, 5.74) is 4.64. The molecule has 0 N–H and O–H groups in total. The van der Waals surface area contributed by atoms with Crippen LogP contribution in [0.1, 0.15) is 28.2 Å². The maximum atomic E-state index is 13.5. The van der Waals surface area contributed by atoms with Crippen molar-refractivity contribution < 1.29 is 38.3 Å². The first kappa shape index (κ1) is 27.8. The first-order valence-electron chi connectivity index (χ1n) is 12.4. The number of nitrogens with zero attached hydrogens (tertiary/aromatic N) is 2. The van der Waals surface area contributed by atoms with Crippen LogP contribution in [0.3, 0.4) is 0 Å². The molecule has 2 aliphatic rings. The van der Waals surface area contributed by atoms with Gasteiger partial charge in [-0.3, -0.25) is 0 Å². The van der Waals surface area contributed by atoms with E-state index in [0.29, 0.717) is 5.69 Å². The van der Waals surface area contributed by atoms with E-state index < -0.39 is 38.3 Å². The molecule has 1 aliphatic heterocycles. The largest absolute Gasteiger partial charge is 0.488 e. The van der Waals surface area contributed by atoms with E-state index in [4.69, 9.17) is 4.74 Å². The second-order valence-electron chi connectivity index (χ2n) is 9.67. The van der Waals surface area contributed by atoms with E-state index in [1.54, 1.807) is 4.90 Å². The molecule has 5 rings (SSSR count). The number of benzene rings is 3. The number of piperazine rings is 1. The van der Waals surface area contributed by atoms with Crippen LogP contribution in [-0.2, 0) is 31.2 Å². The monoisotopic (exact) mass is 592 g/mol. The molecule has 212 valence electrons. The summed E-state index contributed by atoms with van der Waals surface area (Å²) < 4.78 is 81.6. The Morgan fingerprint density at radius 3 is 2.02 bits per heavy atom. The van der Waals surface area contributed by atoms with Crippen molar-refractivity contribution >= 4 is 32.5 Å². The average molecular weight is 593 g/mol. The first-order chi connectivity index (χ1) is 18.9. The predicted octanol–water partition coefficient (Wildman–Crippen LogP) is 4.46. The van der Waals surface area contributed by atoms with Crippen LogP contribution in [0.2, 0.25) is 0 Å². The second-order valence-corrected chi connectivity index (χ2v) is 12.0. The van der Waals surface area contributed by atoms with Crippen molar-refractivity contribution in [3.63, 3.8) is 0 Å². The Morgan fingerprint density at radius 1 is 0.900 bits per heavy atom. The van der Waals surface area contributed by atoms with Gasteiger partial charge in [0.25, 0.3) is 0 Å². The Hall–Kier alpha value is -3.71. The highest BCUT2D eigenvalue weighted by molar-refractivity contribution is 7.85. The van der Waals surface area contributed by atoms with Crippen molar-refractivity contribution in [1.82, 2.24) is 4.90 Å². The minimum absolute atomic E-state index is 0.0246. The summed E-state index contributed by atoms with van der Waals surface area (Å²) in [6.07, 6.45) is -0.484. The molecule has 0 radical (unpaired) electrons. The molecule has 0 spiro atoms. The van der Waals surface area contributed by atoms with Crippen molar-refractivity contribution in [2.75, 3.05) is 37.7 Å². The third-order valence-corrected chi connectivity index (χ3v) is 8.24. The van der Waals surface area contributed by atoms with E-state index in [-0.39, 0.29) is 49.8 Å². The van der Waals surface area contributed by atoms with Crippen molar-refractivity contribution in [1.29, 1.82) is 0 Å². The number of fused-ring (bicyclic) bond motifs is 3. The summed E-state index contributed by atoms with van der Waals surface area (Å²) in [6.45, 7) is 2.52. The number of hydrogen-bond donors (Lipinski definition) is 0. The van der Waals surface area contributed by atoms with E-state index in [2.05, 4.69) is 4.18 Å². The second kappa shape index (κ2) is 10.7. The molecule has 3 aromatic carbocycles. The van der Waals surface area contributed by atoms with Gasteiger partial charge in [0, 0.05) is 43.9 Å². The van der Waals surface area contributed by atoms with Gasteiger partial charge in [-0.1, -0.05) is 52.4 Å². The Bertz CT molecular complexity index is 1570. The third-order valence-electron chi connectivity index (χ3n) is 7.21. The van der Waals surface area contributed by atoms with Gasteiger partial charge in [0.1, 0.15) is 12.4 Å². The first-order valence-corrected chi connectivity index (χ1v) is 15.3. The number of hydrogen-bond acceptors (Lipinski definition) is 8. The van der Waals surface area contributed by atoms with Gasteiger partial charge in [-0.05, 0) is 46.4 Å². The van der Waals surface area contributed by atoms with E-state index in [1.807, 2.05) is 48.5 Å². The quantitative estimate of drug-likeness (QED) is 0.370. The molecule has 13 heteroatoms. The van der Waals surface area contributed by atoms with Crippen molar-refractivity contribution in [3.8, 4) is 16.9 Å². The summed E-state index contributed by atoms with van der Waals surface area (Å²) in [6, 6.07) is 18.6. The van der Waals surface area contributed by atoms with E-state index in [1.165, 1.54) is 24.0 Å². The van der Waals surface area contributed by atoms with E-state index in [9.17, 15) is 29.4 Å². The summed E-state index contributed by atoms with van der Waals surface area (Å²) in [7, 11) is -10.4. The Labute approximate surface area is 231 Å². The minimum atomic E-state index is -5.41. The fourth-order valence-corrected chi connectivity index (χ4v) is 6.33. The lowest BCUT2D eigenvalue weighted by Crippen LogP contribution is -2.49. The summed E-state index contributed by atoms with van der Waals surface area (Å²) in [4.78, 5) is 16.2. The third kappa shape index (κ3) is 6.04. The van der Waals surface area contributed by atoms with Gasteiger partial charge in [0.05, 0.1) is 0 Å². The van der Waals surface area contributed by atoms with Gasteiger partial charge < -0.3 is 18.7 Å². The Kier molecular flexibility index (Phi) is 7.44. The van der Waals surface area contributed by atoms with Crippen molar-refractivity contribution in [3.05, 3.63) is 82.9 Å². The molecular weight excluding hydrogens is 566 g/mol. The predicted molar refractivity (Wildman–Crippen MR) is 144 cm³/mol. The molecule has 1 aliphatic carbocycles. The maximum Gasteiger partial charge on any atom is 0.488 e. The molecule has 1 fully saturated rings. The van der Waals surface area contributed by atoms with Gasteiger partial charge in [0.15, 0.2) is 5.75 Å². The highest BCUT2D eigenvalue weighted by Gasteiger charge is 2.31. The normalized spacial score (nSPS) is 15.5. The number of amides is 1. The summed E-state index contributed by atoms with van der Waals surface area (Å²) >= 11 is 0. The lowest BCUT2D eigenvalue weighted by atomic mass is 9.98. The molecule has 3 aromatic rings. The SMILES string of the molecule is Cc1c(CS(=O)(=O)F)cc(N2CCN(C(=O)OCC3c4ccccc4-c4ccccc43)CC2)cc1OS(=O)(=O)F. The number of rotatable bonds is 7. The standard InChI is InChI=1S/C27H26F2N2O7S2/c1-18-19(17-39(28,33)34)14-20(15-26(18)38-40(29,35)36)30-10-12-31(13-11-30)27(32)37-16-25-23-8-4-2-6-21(23)22-7-3-5-9-24(22)25/h2-9,14-15,25H,10-13,16-17H2,1H3. The molecule has 0 aromatic heterocycles. The fraction of sp³-hybridized carbons (Fsp3) is 0.296. The average Bonchev–Trinajstić information content (AvgIpc) is 3.22. The van der Waals surface area contributed by atoms with Gasteiger partial charge in [-0.2, -0.15) is 16.8 Å². The zero-order valence-corrected chi connectivity index (χ0v) is 23.1. The number of anilines is 1. The molecule has 1 amide bonds. The van der Waals surface area contributed by atoms with Gasteiger partial charge in [-0.25, -0.2) is 4.79 Å². The van der Waals surface area contributed by atoms with Crippen LogP contribution in [0.15, 0.2) is 60.7 Å². The molecular formula is C27H26F2N2O7S2. The summed E-state index contributed by atoms with van der Waals surface area (Å²) in [5, 5.41) is 0. The molecule has 0 bridgehead atoms. The number of ether oxygens (including phenoxy) is 1. The fourth-order valence-electron chi connectivity index (χ4n) is 5.27. The van der Waals surface area contributed by atoms with Crippen molar-refractivity contribution in [2.45, 2.75) is 18.6 Å². The Balaban J connectivity index is 1.26.